The first kappa shape index (κ1) is 13.5. The Morgan fingerprint density at radius 1 is 1.05 bits per heavy atom. The van der Waals surface area contributed by atoms with Gasteiger partial charge in [-0.1, -0.05) is 18.2 Å². The number of hydrogen-bond donors (Lipinski definition) is 1. The third-order valence-electron chi connectivity index (χ3n) is 3.48. The monoisotopic (exact) mass is 284 g/mol. The van der Waals surface area contributed by atoms with E-state index in [1.165, 1.54) is 6.07 Å². The molecule has 1 heterocycles. The van der Waals surface area contributed by atoms with Gasteiger partial charge in [-0.05, 0) is 36.8 Å². The third kappa shape index (κ3) is 2.84. The summed E-state index contributed by atoms with van der Waals surface area (Å²) in [6, 6.07) is 14.4. The van der Waals surface area contributed by atoms with Gasteiger partial charge >= 0.3 is 0 Å². The van der Waals surface area contributed by atoms with Crippen LogP contribution in [0.15, 0.2) is 54.7 Å². The van der Waals surface area contributed by atoms with Crippen molar-refractivity contribution in [3.63, 3.8) is 0 Å². The molecule has 0 spiro atoms. The molecule has 0 saturated heterocycles. The van der Waals surface area contributed by atoms with E-state index in [4.69, 9.17) is 10.5 Å². The summed E-state index contributed by atoms with van der Waals surface area (Å²) in [6.45, 7) is 1.35. The lowest BCUT2D eigenvalue weighted by Crippen LogP contribution is -2.04. The van der Waals surface area contributed by atoms with E-state index in [1.807, 2.05) is 41.1 Å². The maximum atomic E-state index is 13.6. The van der Waals surface area contributed by atoms with Crippen LogP contribution in [-0.2, 0) is 6.54 Å². The van der Waals surface area contributed by atoms with Gasteiger partial charge in [0.25, 0.3) is 0 Å². The summed E-state index contributed by atoms with van der Waals surface area (Å²) in [4.78, 5) is 0. The van der Waals surface area contributed by atoms with E-state index in [2.05, 4.69) is 0 Å². The van der Waals surface area contributed by atoms with Gasteiger partial charge in [0.1, 0.15) is 11.6 Å². The lowest BCUT2D eigenvalue weighted by atomic mass is 10.2. The number of anilines is 1. The minimum Gasteiger partial charge on any atom is -0.491 e. The second kappa shape index (κ2) is 5.87. The molecule has 0 bridgehead atoms. The van der Waals surface area contributed by atoms with Crippen LogP contribution in [0.1, 0.15) is 6.42 Å². The van der Waals surface area contributed by atoms with Gasteiger partial charge in [0.15, 0.2) is 0 Å². The number of nitrogens with zero attached hydrogens (tertiary/aromatic N) is 1. The summed E-state index contributed by atoms with van der Waals surface area (Å²) in [5.41, 5.74) is 7.37. The van der Waals surface area contributed by atoms with E-state index in [9.17, 15) is 4.39 Å². The second-order valence-electron chi connectivity index (χ2n) is 4.92. The largest absolute Gasteiger partial charge is 0.491 e. The highest BCUT2D eigenvalue weighted by atomic mass is 19.1. The second-order valence-corrected chi connectivity index (χ2v) is 4.92. The van der Waals surface area contributed by atoms with E-state index in [-0.39, 0.29) is 5.82 Å². The van der Waals surface area contributed by atoms with Crippen LogP contribution in [0.2, 0.25) is 0 Å². The highest BCUT2D eigenvalue weighted by Crippen LogP contribution is 2.21. The summed E-state index contributed by atoms with van der Waals surface area (Å²) < 4.78 is 21.3. The minimum atomic E-state index is -0.181. The van der Waals surface area contributed by atoms with E-state index in [1.54, 1.807) is 12.1 Å². The van der Waals surface area contributed by atoms with Crippen molar-refractivity contribution < 1.29 is 9.13 Å². The fourth-order valence-electron chi connectivity index (χ4n) is 2.41. The molecule has 0 amide bonds. The zero-order chi connectivity index (χ0) is 14.7. The Hall–Kier alpha value is -2.49. The molecule has 0 aliphatic heterocycles. The number of nitrogens with two attached hydrogens (primary N) is 1. The summed E-state index contributed by atoms with van der Waals surface area (Å²) in [5.74, 6) is 0.528. The van der Waals surface area contributed by atoms with Crippen LogP contribution in [0, 0.1) is 5.82 Å². The number of nitrogen functional groups attached to an aromatic ring is 1. The maximum absolute atomic E-state index is 13.6. The van der Waals surface area contributed by atoms with Crippen molar-refractivity contribution in [2.75, 3.05) is 12.3 Å². The Morgan fingerprint density at radius 2 is 1.90 bits per heavy atom. The van der Waals surface area contributed by atoms with Crippen LogP contribution in [0.4, 0.5) is 10.1 Å². The van der Waals surface area contributed by atoms with Crippen LogP contribution in [0.5, 0.6) is 5.75 Å². The molecule has 3 nitrogen and oxygen atoms in total. The maximum Gasteiger partial charge on any atom is 0.142 e. The predicted molar refractivity (Wildman–Crippen MR) is 82.9 cm³/mol. The average Bonchev–Trinajstić information content (AvgIpc) is 2.90. The number of rotatable bonds is 5. The number of aryl methyl sites for hydroxylation is 1. The molecule has 0 fully saturated rings. The summed E-state index contributed by atoms with van der Waals surface area (Å²) in [6.07, 6.45) is 2.74. The van der Waals surface area contributed by atoms with E-state index < -0.39 is 0 Å². The number of aromatic nitrogens is 1. The molecule has 2 aromatic carbocycles. The molecule has 3 rings (SSSR count). The molecular formula is C17H17FN2O. The van der Waals surface area contributed by atoms with Crippen LogP contribution >= 0.6 is 0 Å². The van der Waals surface area contributed by atoms with Gasteiger partial charge in [-0.15, -0.1) is 0 Å². The highest BCUT2D eigenvalue weighted by molar-refractivity contribution is 5.80. The fourth-order valence-corrected chi connectivity index (χ4v) is 2.41. The molecule has 4 heteroatoms. The zero-order valence-electron chi connectivity index (χ0n) is 11.6. The number of halogens is 1. The van der Waals surface area contributed by atoms with E-state index >= 15 is 0 Å². The van der Waals surface area contributed by atoms with Crippen molar-refractivity contribution >= 4 is 16.6 Å². The van der Waals surface area contributed by atoms with Crippen molar-refractivity contribution in [2.24, 2.45) is 0 Å². The van der Waals surface area contributed by atoms with Gasteiger partial charge < -0.3 is 15.0 Å². The first-order chi connectivity index (χ1) is 10.3. The zero-order valence-corrected chi connectivity index (χ0v) is 11.6. The van der Waals surface area contributed by atoms with Crippen LogP contribution in [-0.4, -0.2) is 11.2 Å². The van der Waals surface area contributed by atoms with Crippen molar-refractivity contribution in [2.45, 2.75) is 13.0 Å². The van der Waals surface area contributed by atoms with Gasteiger partial charge in [-0.2, -0.15) is 0 Å². The molecule has 0 unspecified atom stereocenters. The number of benzene rings is 2. The smallest absolute Gasteiger partial charge is 0.142 e. The Kier molecular flexibility index (Phi) is 3.77. The third-order valence-corrected chi connectivity index (χ3v) is 3.48. The first-order valence-electron chi connectivity index (χ1n) is 6.96. The SMILES string of the molecule is Nc1ccccc1OCCCn1ccc2c(F)cccc21. The number of ether oxygens (including phenoxy) is 1. The van der Waals surface area contributed by atoms with Gasteiger partial charge in [-0.3, -0.25) is 0 Å². The quantitative estimate of drug-likeness (QED) is 0.571. The molecule has 0 aliphatic rings. The van der Waals surface area contributed by atoms with Crippen LogP contribution in [0.25, 0.3) is 10.9 Å². The molecule has 108 valence electrons. The minimum absolute atomic E-state index is 0.181. The molecule has 0 atom stereocenters. The molecule has 1 aromatic heterocycles. The summed E-state index contributed by atoms with van der Waals surface area (Å²) in [7, 11) is 0. The topological polar surface area (TPSA) is 40.2 Å². The van der Waals surface area contributed by atoms with Crippen molar-refractivity contribution in [3.8, 4) is 5.75 Å². The number of para-hydroxylation sites is 2. The van der Waals surface area contributed by atoms with Crippen molar-refractivity contribution in [3.05, 3.63) is 60.5 Å². The van der Waals surface area contributed by atoms with E-state index in [0.717, 1.165) is 18.5 Å². The number of fused-ring (bicyclic) bond motifs is 1. The molecule has 0 saturated carbocycles. The fraction of sp³-hybridized carbons (Fsp3) is 0.176. The molecular weight excluding hydrogens is 267 g/mol. The van der Waals surface area contributed by atoms with Crippen LogP contribution in [0.3, 0.4) is 0 Å². The van der Waals surface area contributed by atoms with Gasteiger partial charge in [0.2, 0.25) is 0 Å². The summed E-state index contributed by atoms with van der Waals surface area (Å²) in [5, 5.41) is 0.658. The van der Waals surface area contributed by atoms with Gasteiger partial charge in [0.05, 0.1) is 17.8 Å². The molecule has 2 N–H and O–H groups in total. The lowest BCUT2D eigenvalue weighted by molar-refractivity contribution is 0.304. The molecule has 21 heavy (non-hydrogen) atoms. The summed E-state index contributed by atoms with van der Waals surface area (Å²) >= 11 is 0. The standard InChI is InChI=1S/C17H17FN2O/c18-14-5-3-7-16-13(14)9-11-20(16)10-4-12-21-17-8-2-1-6-15(17)19/h1-3,5-9,11H,4,10,12,19H2. The normalized spacial score (nSPS) is 10.9. The first-order valence-corrected chi connectivity index (χ1v) is 6.96. The Bertz CT molecular complexity index is 751. The van der Waals surface area contributed by atoms with Crippen molar-refractivity contribution in [1.82, 2.24) is 4.57 Å². The van der Waals surface area contributed by atoms with Gasteiger partial charge in [-0.25, -0.2) is 4.39 Å². The Balaban J connectivity index is 1.60. The Labute approximate surface area is 122 Å². The number of hydrogen-bond acceptors (Lipinski definition) is 2. The molecule has 0 aliphatic carbocycles. The predicted octanol–water partition coefficient (Wildman–Crippen LogP) is 3.83. The molecule has 3 aromatic rings. The van der Waals surface area contributed by atoms with E-state index in [0.29, 0.717) is 23.4 Å². The molecule has 0 radical (unpaired) electrons. The lowest BCUT2D eigenvalue weighted by Gasteiger charge is -2.09. The Morgan fingerprint density at radius 3 is 2.76 bits per heavy atom. The van der Waals surface area contributed by atoms with Crippen LogP contribution < -0.4 is 10.5 Å². The van der Waals surface area contributed by atoms with Gasteiger partial charge in [0, 0.05) is 18.1 Å². The van der Waals surface area contributed by atoms with Crippen molar-refractivity contribution in [1.29, 1.82) is 0 Å². The highest BCUT2D eigenvalue weighted by Gasteiger charge is 2.05. The average molecular weight is 284 g/mol.